The standard InChI is InChI=1S/C26H25BN2O7/c1-29-15-24(30)35-27(36-25(31)16-29)17-8-10-18(11-9-17)33-22-13-12-20-19(22)5-3-6-21(20)34-26-23(32-2)7-4-14-28-26/h3-11,14,22H,12-13,15-16H2,1-2H3/t22-/m1/s1. The number of ether oxygens (including phenoxy) is 3. The lowest BCUT2D eigenvalue weighted by Crippen LogP contribution is -2.47. The van der Waals surface area contributed by atoms with Gasteiger partial charge in [-0.1, -0.05) is 24.3 Å². The molecule has 1 saturated heterocycles. The van der Waals surface area contributed by atoms with Crippen molar-refractivity contribution in [3.8, 4) is 23.1 Å². The number of rotatable bonds is 6. The molecule has 0 spiro atoms. The minimum Gasteiger partial charge on any atom is -0.494 e. The summed E-state index contributed by atoms with van der Waals surface area (Å²) >= 11 is 0. The molecule has 2 aromatic carbocycles. The van der Waals surface area contributed by atoms with Gasteiger partial charge in [0, 0.05) is 17.2 Å². The number of hydrogen-bond donors (Lipinski definition) is 0. The highest BCUT2D eigenvalue weighted by Gasteiger charge is 2.34. The van der Waals surface area contributed by atoms with E-state index in [1.165, 1.54) is 0 Å². The van der Waals surface area contributed by atoms with Gasteiger partial charge in [-0.05, 0) is 55.8 Å². The number of methoxy groups -OCH3 is 1. The topological polar surface area (TPSA) is 96.4 Å². The van der Waals surface area contributed by atoms with Crippen LogP contribution in [-0.4, -0.2) is 56.2 Å². The van der Waals surface area contributed by atoms with Crippen LogP contribution in [0.5, 0.6) is 23.1 Å². The molecular weight excluding hydrogens is 463 g/mol. The van der Waals surface area contributed by atoms with Crippen LogP contribution in [0.25, 0.3) is 0 Å². The number of aromatic nitrogens is 1. The van der Waals surface area contributed by atoms with Crippen LogP contribution in [0.1, 0.15) is 23.7 Å². The van der Waals surface area contributed by atoms with Crippen molar-refractivity contribution in [2.75, 3.05) is 27.2 Å². The number of carbonyl (C=O) groups excluding carboxylic acids is 2. The monoisotopic (exact) mass is 488 g/mol. The van der Waals surface area contributed by atoms with E-state index in [1.54, 1.807) is 61.7 Å². The number of pyridine rings is 1. The SMILES string of the molecule is COc1cccnc1Oc1cccc2c1CC[C@H]2Oc1ccc(B2OC(=O)CN(C)CC(=O)O2)cc1. The van der Waals surface area contributed by atoms with Crippen LogP contribution in [-0.2, 0) is 25.3 Å². The summed E-state index contributed by atoms with van der Waals surface area (Å²) in [4.78, 5) is 29.9. The molecule has 36 heavy (non-hydrogen) atoms. The molecule has 1 aliphatic heterocycles. The number of fused-ring (bicyclic) bond motifs is 1. The fourth-order valence-electron chi connectivity index (χ4n) is 4.35. The van der Waals surface area contributed by atoms with E-state index in [9.17, 15) is 9.59 Å². The van der Waals surface area contributed by atoms with Gasteiger partial charge < -0.3 is 23.5 Å². The van der Waals surface area contributed by atoms with Gasteiger partial charge >= 0.3 is 19.1 Å². The van der Waals surface area contributed by atoms with Gasteiger partial charge in [0.2, 0.25) is 0 Å². The molecule has 0 amide bonds. The quantitative estimate of drug-likeness (QED) is 0.486. The van der Waals surface area contributed by atoms with Crippen LogP contribution in [0, 0.1) is 0 Å². The average molecular weight is 488 g/mol. The summed E-state index contributed by atoms with van der Waals surface area (Å²) in [5, 5.41) is 0. The maximum absolute atomic E-state index is 12.0. The van der Waals surface area contributed by atoms with E-state index in [4.69, 9.17) is 23.5 Å². The zero-order valence-corrected chi connectivity index (χ0v) is 20.0. The van der Waals surface area contributed by atoms with E-state index in [1.807, 2.05) is 18.2 Å². The van der Waals surface area contributed by atoms with Gasteiger partial charge in [0.1, 0.15) is 17.6 Å². The Morgan fingerprint density at radius 3 is 2.42 bits per heavy atom. The van der Waals surface area contributed by atoms with Gasteiger partial charge in [0.15, 0.2) is 5.75 Å². The number of nitrogens with zero attached hydrogens (tertiary/aromatic N) is 2. The highest BCUT2D eigenvalue weighted by molar-refractivity contribution is 6.64. The van der Waals surface area contributed by atoms with Crippen molar-refractivity contribution in [2.24, 2.45) is 0 Å². The van der Waals surface area contributed by atoms with Crippen LogP contribution in [0.15, 0.2) is 60.8 Å². The molecule has 2 heterocycles. The molecule has 10 heteroatoms. The summed E-state index contributed by atoms with van der Waals surface area (Å²) in [5.74, 6) is 1.44. The number of carbonyl (C=O) groups is 2. The number of hydrogen-bond acceptors (Lipinski definition) is 9. The van der Waals surface area contributed by atoms with Crippen LogP contribution in [0.2, 0.25) is 0 Å². The summed E-state index contributed by atoms with van der Waals surface area (Å²) in [7, 11) is 2.15. The first kappa shape index (κ1) is 23.7. The fourth-order valence-corrected chi connectivity index (χ4v) is 4.35. The Labute approximate surface area is 209 Å². The third-order valence-electron chi connectivity index (χ3n) is 6.04. The third-order valence-corrected chi connectivity index (χ3v) is 6.04. The Balaban J connectivity index is 1.29. The van der Waals surface area contributed by atoms with Crippen LogP contribution in [0.4, 0.5) is 0 Å². The fraction of sp³-hybridized carbons (Fsp3) is 0.269. The molecule has 184 valence electrons. The smallest absolute Gasteiger partial charge is 0.494 e. The lowest BCUT2D eigenvalue weighted by Gasteiger charge is -2.22. The predicted octanol–water partition coefficient (Wildman–Crippen LogP) is 2.68. The summed E-state index contributed by atoms with van der Waals surface area (Å²) < 4.78 is 28.4. The first-order valence-corrected chi connectivity index (χ1v) is 11.6. The highest BCUT2D eigenvalue weighted by Crippen LogP contribution is 2.41. The second-order valence-corrected chi connectivity index (χ2v) is 8.63. The van der Waals surface area contributed by atoms with E-state index in [2.05, 4.69) is 4.98 Å². The Morgan fingerprint density at radius 2 is 1.69 bits per heavy atom. The summed E-state index contributed by atoms with van der Waals surface area (Å²) in [6.07, 6.45) is 3.11. The first-order valence-electron chi connectivity index (χ1n) is 11.6. The van der Waals surface area contributed by atoms with Crippen molar-refractivity contribution in [1.82, 2.24) is 9.88 Å². The van der Waals surface area contributed by atoms with Crippen molar-refractivity contribution < 1.29 is 33.1 Å². The minimum absolute atomic E-state index is 0.0205. The van der Waals surface area contributed by atoms with Gasteiger partial charge in [-0.25, -0.2) is 4.98 Å². The Hall–Kier alpha value is -4.05. The van der Waals surface area contributed by atoms with Gasteiger partial charge in [-0.15, -0.1) is 0 Å². The molecule has 1 aliphatic carbocycles. The largest absolute Gasteiger partial charge is 0.636 e. The predicted molar refractivity (Wildman–Crippen MR) is 131 cm³/mol. The Kier molecular flexibility index (Phi) is 6.77. The third kappa shape index (κ3) is 5.13. The molecule has 1 fully saturated rings. The van der Waals surface area contributed by atoms with Crippen molar-refractivity contribution in [2.45, 2.75) is 18.9 Å². The second-order valence-electron chi connectivity index (χ2n) is 8.63. The van der Waals surface area contributed by atoms with Crippen LogP contribution < -0.4 is 19.7 Å². The summed E-state index contributed by atoms with van der Waals surface area (Å²) in [6.45, 7) is 0.0411. The van der Waals surface area contributed by atoms with E-state index in [0.717, 1.165) is 29.7 Å². The molecule has 0 saturated carbocycles. The van der Waals surface area contributed by atoms with E-state index in [-0.39, 0.29) is 19.2 Å². The lowest BCUT2D eigenvalue weighted by molar-refractivity contribution is -0.145. The number of benzene rings is 2. The van der Waals surface area contributed by atoms with Crippen molar-refractivity contribution >= 4 is 24.5 Å². The van der Waals surface area contributed by atoms with E-state index in [0.29, 0.717) is 22.8 Å². The van der Waals surface area contributed by atoms with E-state index >= 15 is 0 Å². The van der Waals surface area contributed by atoms with Gasteiger partial charge in [-0.2, -0.15) is 0 Å². The van der Waals surface area contributed by atoms with Gasteiger partial charge in [-0.3, -0.25) is 14.5 Å². The second kappa shape index (κ2) is 10.3. The van der Waals surface area contributed by atoms with Crippen LogP contribution >= 0.6 is 0 Å². The molecule has 0 bridgehead atoms. The van der Waals surface area contributed by atoms with Crippen LogP contribution in [0.3, 0.4) is 0 Å². The molecule has 0 radical (unpaired) electrons. The first-order chi connectivity index (χ1) is 17.5. The van der Waals surface area contributed by atoms with Crippen molar-refractivity contribution in [3.63, 3.8) is 0 Å². The lowest BCUT2D eigenvalue weighted by atomic mass is 9.78. The molecule has 1 aromatic heterocycles. The molecule has 1 atom stereocenters. The zero-order valence-electron chi connectivity index (χ0n) is 20.0. The normalized spacial score (nSPS) is 17.9. The molecule has 3 aromatic rings. The van der Waals surface area contributed by atoms with Crippen molar-refractivity contribution in [3.05, 3.63) is 71.9 Å². The van der Waals surface area contributed by atoms with E-state index < -0.39 is 19.1 Å². The minimum atomic E-state index is -1.08. The molecule has 5 rings (SSSR count). The van der Waals surface area contributed by atoms with Gasteiger partial charge in [0.05, 0.1) is 20.2 Å². The highest BCUT2D eigenvalue weighted by atomic mass is 16.6. The zero-order chi connectivity index (χ0) is 25.1. The Bertz CT molecular complexity index is 1250. The maximum atomic E-state index is 12.0. The molecular formula is C26H25BN2O7. The summed E-state index contributed by atoms with van der Waals surface area (Å²) in [5.41, 5.74) is 2.68. The molecule has 0 unspecified atom stereocenters. The molecule has 0 N–H and O–H groups in total. The molecule has 2 aliphatic rings. The van der Waals surface area contributed by atoms with Crippen molar-refractivity contribution in [1.29, 1.82) is 0 Å². The molecule has 9 nitrogen and oxygen atoms in total. The average Bonchev–Trinajstić information content (AvgIpc) is 3.27. The number of likely N-dealkylation sites (N-methyl/N-ethyl adjacent to an activating group) is 1. The summed E-state index contributed by atoms with van der Waals surface area (Å²) in [6, 6.07) is 16.5. The van der Waals surface area contributed by atoms with Gasteiger partial charge in [0.25, 0.3) is 5.88 Å². The maximum Gasteiger partial charge on any atom is 0.636 e. The Morgan fingerprint density at radius 1 is 0.972 bits per heavy atom.